The van der Waals surface area contributed by atoms with Gasteiger partial charge in [0.15, 0.2) is 5.11 Å². The maximum absolute atomic E-state index is 5.37. The lowest BCUT2D eigenvalue weighted by molar-refractivity contribution is 0.414. The van der Waals surface area contributed by atoms with Crippen molar-refractivity contribution in [1.82, 2.24) is 10.3 Å². The van der Waals surface area contributed by atoms with Crippen LogP contribution in [0.4, 0.5) is 5.82 Å². The lowest BCUT2D eigenvalue weighted by atomic mass is 10.0. The van der Waals surface area contributed by atoms with E-state index in [1.807, 2.05) is 49.5 Å². The van der Waals surface area contributed by atoms with Gasteiger partial charge in [0.2, 0.25) is 0 Å². The molecule has 0 aliphatic rings. The molecule has 1 aromatic heterocycles. The molecule has 2 aromatic rings. The number of pyridine rings is 1. The minimum absolute atomic E-state index is 0.149. The fraction of sp³-hybridized carbons (Fsp3) is 0.294. The van der Waals surface area contributed by atoms with E-state index in [0.29, 0.717) is 5.11 Å². The normalized spacial score (nSPS) is 11.6. The van der Waals surface area contributed by atoms with E-state index in [-0.39, 0.29) is 6.04 Å². The predicted octanol–water partition coefficient (Wildman–Crippen LogP) is 3.84. The second-order valence-corrected chi connectivity index (χ2v) is 5.46. The van der Waals surface area contributed by atoms with Crippen LogP contribution < -0.4 is 15.4 Å². The lowest BCUT2D eigenvalue weighted by Crippen LogP contribution is -2.32. The van der Waals surface area contributed by atoms with E-state index in [9.17, 15) is 0 Å². The summed E-state index contributed by atoms with van der Waals surface area (Å²) in [6, 6.07) is 12.1. The van der Waals surface area contributed by atoms with Crippen molar-refractivity contribution in [1.29, 1.82) is 0 Å². The SMILES string of the molecule is CC[C@@H](NC(=S)Nc1ccc(C)cn1)c1ccc(OC)cc1. The number of thiocarbonyl (C=S) groups is 1. The molecule has 0 saturated carbocycles. The molecule has 0 bridgehead atoms. The highest BCUT2D eigenvalue weighted by Crippen LogP contribution is 2.20. The number of aryl methyl sites for hydroxylation is 1. The summed E-state index contributed by atoms with van der Waals surface area (Å²) in [5.41, 5.74) is 2.29. The van der Waals surface area contributed by atoms with E-state index < -0.39 is 0 Å². The molecule has 0 radical (unpaired) electrons. The largest absolute Gasteiger partial charge is 0.497 e. The van der Waals surface area contributed by atoms with E-state index in [2.05, 4.69) is 22.5 Å². The highest BCUT2D eigenvalue weighted by molar-refractivity contribution is 7.80. The molecule has 0 aliphatic carbocycles. The second-order valence-electron chi connectivity index (χ2n) is 5.05. The molecule has 1 heterocycles. The average Bonchev–Trinajstić information content (AvgIpc) is 2.55. The Morgan fingerprint density at radius 1 is 1.23 bits per heavy atom. The Balaban J connectivity index is 1.99. The summed E-state index contributed by atoms with van der Waals surface area (Å²) in [5.74, 6) is 1.59. The first-order valence-electron chi connectivity index (χ1n) is 7.26. The van der Waals surface area contributed by atoms with Crippen molar-refractivity contribution in [3.63, 3.8) is 0 Å². The molecule has 22 heavy (non-hydrogen) atoms. The Morgan fingerprint density at radius 2 is 1.95 bits per heavy atom. The Hall–Kier alpha value is -2.14. The quantitative estimate of drug-likeness (QED) is 0.821. The van der Waals surface area contributed by atoms with Gasteiger partial charge in [0.1, 0.15) is 11.6 Å². The predicted molar refractivity (Wildman–Crippen MR) is 94.4 cm³/mol. The highest BCUT2D eigenvalue weighted by atomic mass is 32.1. The Kier molecular flexibility index (Phi) is 5.72. The van der Waals surface area contributed by atoms with Crippen molar-refractivity contribution in [3.8, 4) is 5.75 Å². The zero-order valence-electron chi connectivity index (χ0n) is 13.1. The summed E-state index contributed by atoms with van der Waals surface area (Å²) in [6.45, 7) is 4.12. The van der Waals surface area contributed by atoms with E-state index in [1.54, 1.807) is 7.11 Å². The molecule has 0 aliphatic heterocycles. The van der Waals surface area contributed by atoms with Crippen molar-refractivity contribution >= 4 is 23.1 Å². The lowest BCUT2D eigenvalue weighted by Gasteiger charge is -2.20. The third kappa shape index (κ3) is 4.43. The van der Waals surface area contributed by atoms with Crippen LogP contribution in [0, 0.1) is 6.92 Å². The first-order chi connectivity index (χ1) is 10.6. The van der Waals surface area contributed by atoms with Gasteiger partial charge in [-0.3, -0.25) is 0 Å². The first-order valence-corrected chi connectivity index (χ1v) is 7.67. The molecule has 116 valence electrons. The van der Waals surface area contributed by atoms with Crippen molar-refractivity contribution < 1.29 is 4.74 Å². The van der Waals surface area contributed by atoms with Crippen LogP contribution in [0.25, 0.3) is 0 Å². The van der Waals surface area contributed by atoms with Gasteiger partial charge < -0.3 is 15.4 Å². The summed E-state index contributed by atoms with van der Waals surface area (Å²) in [7, 11) is 1.66. The Bertz CT molecular complexity index is 611. The molecule has 2 rings (SSSR count). The van der Waals surface area contributed by atoms with Gasteiger partial charge in [0.25, 0.3) is 0 Å². The fourth-order valence-electron chi connectivity index (χ4n) is 2.11. The van der Waals surface area contributed by atoms with Crippen molar-refractivity contribution in [2.24, 2.45) is 0 Å². The number of ether oxygens (including phenoxy) is 1. The molecule has 0 unspecified atom stereocenters. The van der Waals surface area contributed by atoms with E-state index in [1.165, 1.54) is 5.56 Å². The van der Waals surface area contributed by atoms with E-state index >= 15 is 0 Å². The van der Waals surface area contributed by atoms with Gasteiger partial charge in [-0.05, 0) is 54.9 Å². The molecule has 0 fully saturated rings. The number of methoxy groups -OCH3 is 1. The first kappa shape index (κ1) is 16.2. The monoisotopic (exact) mass is 315 g/mol. The maximum atomic E-state index is 5.37. The van der Waals surface area contributed by atoms with Crippen molar-refractivity contribution in [3.05, 3.63) is 53.7 Å². The van der Waals surface area contributed by atoms with Gasteiger partial charge in [0, 0.05) is 6.20 Å². The van der Waals surface area contributed by atoms with Gasteiger partial charge in [-0.15, -0.1) is 0 Å². The van der Waals surface area contributed by atoms with Gasteiger partial charge in [-0.25, -0.2) is 4.98 Å². The minimum atomic E-state index is 0.149. The van der Waals surface area contributed by atoms with Crippen molar-refractivity contribution in [2.75, 3.05) is 12.4 Å². The summed E-state index contributed by atoms with van der Waals surface area (Å²) in [5, 5.41) is 7.00. The topological polar surface area (TPSA) is 46.2 Å². The number of nitrogens with zero attached hydrogens (tertiary/aromatic N) is 1. The van der Waals surface area contributed by atoms with E-state index in [0.717, 1.165) is 23.6 Å². The molecular weight excluding hydrogens is 294 g/mol. The number of rotatable bonds is 5. The second kappa shape index (κ2) is 7.75. The molecule has 0 amide bonds. The molecule has 0 spiro atoms. The molecule has 0 saturated heterocycles. The number of aromatic nitrogens is 1. The minimum Gasteiger partial charge on any atom is -0.497 e. The van der Waals surface area contributed by atoms with Gasteiger partial charge in [-0.1, -0.05) is 25.1 Å². The van der Waals surface area contributed by atoms with Crippen LogP contribution >= 0.6 is 12.2 Å². The van der Waals surface area contributed by atoms with Crippen LogP contribution in [0.3, 0.4) is 0 Å². The van der Waals surface area contributed by atoms with Crippen LogP contribution in [0.5, 0.6) is 5.75 Å². The van der Waals surface area contributed by atoms with Crippen LogP contribution in [0.2, 0.25) is 0 Å². The number of nitrogens with one attached hydrogen (secondary N) is 2. The van der Waals surface area contributed by atoms with Gasteiger partial charge in [0.05, 0.1) is 13.2 Å². The zero-order valence-corrected chi connectivity index (χ0v) is 13.9. The van der Waals surface area contributed by atoms with Crippen LogP contribution in [-0.4, -0.2) is 17.2 Å². The molecule has 1 atom stereocenters. The van der Waals surface area contributed by atoms with Gasteiger partial charge >= 0.3 is 0 Å². The van der Waals surface area contributed by atoms with Gasteiger partial charge in [-0.2, -0.15) is 0 Å². The standard InChI is InChI=1S/C17H21N3OS/c1-4-15(13-6-8-14(21-3)9-7-13)19-17(22)20-16-10-5-12(2)11-18-16/h5-11,15H,4H2,1-3H3,(H2,18,19,20,22)/t15-/m1/s1. The summed E-state index contributed by atoms with van der Waals surface area (Å²) in [6.07, 6.45) is 2.74. The number of hydrogen-bond acceptors (Lipinski definition) is 3. The molecule has 2 N–H and O–H groups in total. The number of anilines is 1. The third-order valence-corrected chi connectivity index (χ3v) is 3.60. The van der Waals surface area contributed by atoms with Crippen LogP contribution in [0.15, 0.2) is 42.6 Å². The number of hydrogen-bond donors (Lipinski definition) is 2. The summed E-state index contributed by atoms with van der Waals surface area (Å²) < 4.78 is 5.19. The smallest absolute Gasteiger partial charge is 0.172 e. The highest BCUT2D eigenvalue weighted by Gasteiger charge is 2.11. The van der Waals surface area contributed by atoms with Crippen molar-refractivity contribution in [2.45, 2.75) is 26.3 Å². The molecule has 1 aromatic carbocycles. The van der Waals surface area contributed by atoms with E-state index in [4.69, 9.17) is 17.0 Å². The zero-order chi connectivity index (χ0) is 15.9. The molecular formula is C17H21N3OS. The summed E-state index contributed by atoms with van der Waals surface area (Å²) >= 11 is 5.37. The number of benzene rings is 1. The molecule has 5 heteroatoms. The van der Waals surface area contributed by atoms with Crippen LogP contribution in [-0.2, 0) is 0 Å². The van der Waals surface area contributed by atoms with Crippen LogP contribution in [0.1, 0.15) is 30.5 Å². The summed E-state index contributed by atoms with van der Waals surface area (Å²) in [4.78, 5) is 4.29. The third-order valence-electron chi connectivity index (χ3n) is 3.38. The fourth-order valence-corrected chi connectivity index (χ4v) is 2.36. The Morgan fingerprint density at radius 3 is 2.50 bits per heavy atom. The molecule has 4 nitrogen and oxygen atoms in total. The Labute approximate surface area is 136 Å². The maximum Gasteiger partial charge on any atom is 0.172 e. The average molecular weight is 315 g/mol.